The zero-order valence-corrected chi connectivity index (χ0v) is 11.4. The summed E-state index contributed by atoms with van der Waals surface area (Å²) in [5.41, 5.74) is -0.148. The van der Waals surface area contributed by atoms with E-state index in [1.807, 2.05) is 24.3 Å². The van der Waals surface area contributed by atoms with E-state index in [9.17, 15) is 13.2 Å². The molecule has 0 aromatic heterocycles. The monoisotopic (exact) mass is 280 g/mol. The van der Waals surface area contributed by atoms with E-state index in [2.05, 4.69) is 6.58 Å². The maximum Gasteiger partial charge on any atom is 0.416 e. The molecule has 20 heavy (non-hydrogen) atoms. The van der Waals surface area contributed by atoms with Crippen LogP contribution in [0.1, 0.15) is 30.4 Å². The number of hydrogen-bond acceptors (Lipinski definition) is 0. The van der Waals surface area contributed by atoms with Gasteiger partial charge in [-0.1, -0.05) is 48.6 Å². The van der Waals surface area contributed by atoms with Gasteiger partial charge in [0.15, 0.2) is 0 Å². The molecule has 108 valence electrons. The van der Waals surface area contributed by atoms with Crippen LogP contribution in [0.2, 0.25) is 0 Å². The van der Waals surface area contributed by atoms with E-state index in [0.717, 1.165) is 18.9 Å². The van der Waals surface area contributed by atoms with Crippen molar-refractivity contribution in [2.24, 2.45) is 0 Å². The van der Waals surface area contributed by atoms with Gasteiger partial charge in [-0.2, -0.15) is 13.2 Å². The molecule has 0 heterocycles. The van der Waals surface area contributed by atoms with E-state index in [-0.39, 0.29) is 0 Å². The Morgan fingerprint density at radius 3 is 2.45 bits per heavy atom. The highest BCUT2D eigenvalue weighted by Gasteiger charge is 2.32. The molecule has 0 spiro atoms. The Balaban J connectivity index is 2.45. The Labute approximate surface area is 118 Å². The van der Waals surface area contributed by atoms with Crippen molar-refractivity contribution in [2.75, 3.05) is 0 Å². The molecule has 0 saturated carbocycles. The van der Waals surface area contributed by atoms with Crippen LogP contribution in [0, 0.1) is 0 Å². The third kappa shape index (κ3) is 5.91. The average Bonchev–Trinajstić information content (AvgIpc) is 2.41. The molecule has 0 atom stereocenters. The lowest BCUT2D eigenvalue weighted by Gasteiger charge is -2.11. The van der Waals surface area contributed by atoms with Crippen LogP contribution in [0.25, 0.3) is 0 Å². The fourth-order valence-electron chi connectivity index (χ4n) is 1.85. The van der Waals surface area contributed by atoms with Crippen molar-refractivity contribution in [3.8, 4) is 0 Å². The summed E-state index contributed by atoms with van der Waals surface area (Å²) >= 11 is 0. The highest BCUT2D eigenvalue weighted by Crippen LogP contribution is 2.32. The van der Waals surface area contributed by atoms with Crippen LogP contribution < -0.4 is 0 Å². The Morgan fingerprint density at radius 1 is 1.05 bits per heavy atom. The number of unbranched alkanes of at least 4 members (excludes halogenated alkanes) is 1. The van der Waals surface area contributed by atoms with Crippen LogP contribution in [0.4, 0.5) is 13.2 Å². The first kappa shape index (κ1) is 16.3. The van der Waals surface area contributed by atoms with Crippen molar-refractivity contribution in [2.45, 2.75) is 31.9 Å². The average molecular weight is 280 g/mol. The van der Waals surface area contributed by atoms with Gasteiger partial charge in [0.25, 0.3) is 0 Å². The smallest absolute Gasteiger partial charge is 0.166 e. The van der Waals surface area contributed by atoms with Crippen LogP contribution in [0.15, 0.2) is 61.2 Å². The summed E-state index contributed by atoms with van der Waals surface area (Å²) in [7, 11) is 0. The van der Waals surface area contributed by atoms with E-state index in [0.29, 0.717) is 18.4 Å². The molecule has 0 nitrogen and oxygen atoms in total. The van der Waals surface area contributed by atoms with Gasteiger partial charge in [0.05, 0.1) is 5.56 Å². The van der Waals surface area contributed by atoms with Crippen molar-refractivity contribution in [1.82, 2.24) is 0 Å². The van der Waals surface area contributed by atoms with Gasteiger partial charge in [-0.25, -0.2) is 0 Å². The molecule has 0 saturated heterocycles. The molecule has 0 N–H and O–H groups in total. The van der Waals surface area contributed by atoms with Crippen molar-refractivity contribution < 1.29 is 13.2 Å². The molecular weight excluding hydrogens is 261 g/mol. The van der Waals surface area contributed by atoms with E-state index < -0.39 is 11.7 Å². The van der Waals surface area contributed by atoms with Gasteiger partial charge in [0.1, 0.15) is 0 Å². The maximum absolute atomic E-state index is 12.8. The summed E-state index contributed by atoms with van der Waals surface area (Å²) in [6.07, 6.45) is 8.06. The van der Waals surface area contributed by atoms with Crippen LogP contribution in [-0.2, 0) is 12.6 Å². The third-order valence-corrected chi connectivity index (χ3v) is 2.83. The SMILES string of the molecule is C=CC/C=C/C=C/CCCc1ccccc1C(F)(F)F. The predicted molar refractivity (Wildman–Crippen MR) is 77.5 cm³/mol. The second-order valence-electron chi connectivity index (χ2n) is 4.43. The molecule has 0 aliphatic carbocycles. The Bertz CT molecular complexity index is 467. The summed E-state index contributed by atoms with van der Waals surface area (Å²) < 4.78 is 38.3. The molecular formula is C17H19F3. The highest BCUT2D eigenvalue weighted by molar-refractivity contribution is 5.29. The molecule has 0 aliphatic heterocycles. The Kier molecular flexibility index (Phi) is 6.85. The number of allylic oxidation sites excluding steroid dienone is 5. The van der Waals surface area contributed by atoms with Gasteiger partial charge in [-0.3, -0.25) is 0 Å². The molecule has 0 radical (unpaired) electrons. The van der Waals surface area contributed by atoms with E-state index in [1.54, 1.807) is 18.2 Å². The standard InChI is InChI=1S/C17H19F3/c1-2-3-4-5-6-7-8-9-12-15-13-10-11-14-16(15)17(18,19)20/h2,4-7,10-11,13-14H,1,3,8-9,12H2/b5-4+,7-6+. The molecule has 1 aromatic rings. The number of rotatable bonds is 7. The van der Waals surface area contributed by atoms with Gasteiger partial charge in [-0.05, 0) is 37.3 Å². The first-order valence-corrected chi connectivity index (χ1v) is 6.63. The van der Waals surface area contributed by atoms with Crippen LogP contribution in [0.5, 0.6) is 0 Å². The van der Waals surface area contributed by atoms with E-state index >= 15 is 0 Å². The third-order valence-electron chi connectivity index (χ3n) is 2.83. The quantitative estimate of drug-likeness (QED) is 0.340. The van der Waals surface area contributed by atoms with Crippen molar-refractivity contribution in [1.29, 1.82) is 0 Å². The van der Waals surface area contributed by atoms with Crippen LogP contribution >= 0.6 is 0 Å². The summed E-state index contributed by atoms with van der Waals surface area (Å²) in [6.45, 7) is 3.60. The second kappa shape index (κ2) is 8.41. The molecule has 0 aliphatic rings. The largest absolute Gasteiger partial charge is 0.416 e. The van der Waals surface area contributed by atoms with Crippen LogP contribution in [-0.4, -0.2) is 0 Å². The first-order valence-electron chi connectivity index (χ1n) is 6.63. The lowest BCUT2D eigenvalue weighted by Crippen LogP contribution is -2.08. The molecule has 1 aromatic carbocycles. The first-order chi connectivity index (χ1) is 9.55. The molecule has 0 bridgehead atoms. The lowest BCUT2D eigenvalue weighted by molar-refractivity contribution is -0.138. The summed E-state index contributed by atoms with van der Waals surface area (Å²) in [5, 5.41) is 0. The molecule has 0 amide bonds. The van der Waals surface area contributed by atoms with Gasteiger partial charge in [-0.15, -0.1) is 6.58 Å². The predicted octanol–water partition coefficient (Wildman–Crippen LogP) is 5.72. The fourth-order valence-corrected chi connectivity index (χ4v) is 1.85. The van der Waals surface area contributed by atoms with Crippen molar-refractivity contribution in [3.05, 3.63) is 72.4 Å². The van der Waals surface area contributed by atoms with Gasteiger partial charge in [0.2, 0.25) is 0 Å². The van der Waals surface area contributed by atoms with Crippen LogP contribution in [0.3, 0.4) is 0 Å². The topological polar surface area (TPSA) is 0 Å². The fraction of sp³-hybridized carbons (Fsp3) is 0.294. The van der Waals surface area contributed by atoms with Crippen molar-refractivity contribution in [3.63, 3.8) is 0 Å². The highest BCUT2D eigenvalue weighted by atomic mass is 19.4. The number of halogens is 3. The van der Waals surface area contributed by atoms with E-state index in [1.165, 1.54) is 6.07 Å². The van der Waals surface area contributed by atoms with Crippen molar-refractivity contribution >= 4 is 0 Å². The minimum Gasteiger partial charge on any atom is -0.166 e. The lowest BCUT2D eigenvalue weighted by atomic mass is 10.0. The Hall–Kier alpha value is -1.77. The van der Waals surface area contributed by atoms with Gasteiger partial charge in [0, 0.05) is 0 Å². The minimum atomic E-state index is -4.26. The molecule has 3 heteroatoms. The second-order valence-corrected chi connectivity index (χ2v) is 4.43. The van der Waals surface area contributed by atoms with Gasteiger partial charge < -0.3 is 0 Å². The number of alkyl halides is 3. The summed E-state index contributed by atoms with van der Waals surface area (Å²) in [5.74, 6) is 0. The van der Waals surface area contributed by atoms with Gasteiger partial charge >= 0.3 is 6.18 Å². The van der Waals surface area contributed by atoms with E-state index in [4.69, 9.17) is 0 Å². The number of hydrogen-bond donors (Lipinski definition) is 0. The Morgan fingerprint density at radius 2 is 1.75 bits per heavy atom. The maximum atomic E-state index is 12.8. The zero-order chi connectivity index (χ0) is 14.8. The summed E-state index contributed by atoms with van der Waals surface area (Å²) in [4.78, 5) is 0. The minimum absolute atomic E-state index is 0.371. The molecule has 0 fully saturated rings. The molecule has 0 unspecified atom stereocenters. The summed E-state index contributed by atoms with van der Waals surface area (Å²) in [6, 6.07) is 5.77. The zero-order valence-electron chi connectivity index (χ0n) is 11.4. The molecule has 1 rings (SSSR count). The number of aryl methyl sites for hydroxylation is 1. The number of benzene rings is 1. The normalized spacial score (nSPS) is 12.3.